The minimum absolute atomic E-state index is 0.0316. The van der Waals surface area contributed by atoms with E-state index in [2.05, 4.69) is 12.2 Å². The quantitative estimate of drug-likeness (QED) is 0.889. The van der Waals surface area contributed by atoms with Crippen molar-refractivity contribution in [3.63, 3.8) is 0 Å². The van der Waals surface area contributed by atoms with Crippen molar-refractivity contribution in [2.75, 3.05) is 18.4 Å². The van der Waals surface area contributed by atoms with Crippen molar-refractivity contribution in [1.29, 1.82) is 0 Å². The molecule has 2 aliphatic rings. The third-order valence-corrected chi connectivity index (χ3v) is 5.39. The monoisotopic (exact) mass is 329 g/mol. The molecule has 24 heavy (non-hydrogen) atoms. The molecule has 3 rings (SSSR count). The number of carbonyl (C=O) groups excluding carboxylic acids is 2. The van der Waals surface area contributed by atoms with Crippen molar-refractivity contribution in [3.05, 3.63) is 29.8 Å². The van der Waals surface area contributed by atoms with Crippen LogP contribution in [0, 0.1) is 11.8 Å². The number of fused-ring (bicyclic) bond motifs is 1. The van der Waals surface area contributed by atoms with Gasteiger partial charge < -0.3 is 16.0 Å². The van der Waals surface area contributed by atoms with Gasteiger partial charge >= 0.3 is 0 Å². The van der Waals surface area contributed by atoms with Crippen molar-refractivity contribution < 1.29 is 9.59 Å². The van der Waals surface area contributed by atoms with Gasteiger partial charge in [-0.2, -0.15) is 0 Å². The Morgan fingerprint density at radius 2 is 2.17 bits per heavy atom. The molecule has 1 aromatic carbocycles. The lowest BCUT2D eigenvalue weighted by Gasteiger charge is -2.38. The van der Waals surface area contributed by atoms with Crippen LogP contribution in [-0.4, -0.2) is 35.8 Å². The first-order valence-electron chi connectivity index (χ1n) is 8.96. The Balaban J connectivity index is 1.57. The van der Waals surface area contributed by atoms with Crippen LogP contribution in [0.25, 0.3) is 0 Å². The number of amides is 2. The molecule has 0 spiro atoms. The number of hydrogen-bond donors (Lipinski definition) is 2. The number of benzene rings is 1. The Morgan fingerprint density at radius 3 is 2.96 bits per heavy atom. The highest BCUT2D eigenvalue weighted by molar-refractivity contribution is 5.96. The highest BCUT2D eigenvalue weighted by atomic mass is 16.2. The Bertz CT molecular complexity index is 616. The van der Waals surface area contributed by atoms with E-state index in [1.54, 1.807) is 0 Å². The number of hydrogen-bond acceptors (Lipinski definition) is 3. The highest BCUT2D eigenvalue weighted by Crippen LogP contribution is 2.28. The lowest BCUT2D eigenvalue weighted by Crippen LogP contribution is -2.49. The summed E-state index contributed by atoms with van der Waals surface area (Å²) in [6.07, 6.45) is 3.76. The molecule has 1 aromatic rings. The Morgan fingerprint density at radius 1 is 1.38 bits per heavy atom. The molecule has 3 N–H and O–H groups in total. The number of nitrogens with two attached hydrogens (primary N) is 1. The van der Waals surface area contributed by atoms with Crippen LogP contribution in [0.4, 0.5) is 5.69 Å². The molecule has 0 aromatic heterocycles. The van der Waals surface area contributed by atoms with Gasteiger partial charge in [0, 0.05) is 37.2 Å². The predicted molar refractivity (Wildman–Crippen MR) is 94.5 cm³/mol. The number of anilines is 1. The van der Waals surface area contributed by atoms with E-state index in [-0.39, 0.29) is 23.8 Å². The lowest BCUT2D eigenvalue weighted by molar-refractivity contribution is -0.135. The van der Waals surface area contributed by atoms with Crippen LogP contribution in [0.2, 0.25) is 0 Å². The van der Waals surface area contributed by atoms with Gasteiger partial charge in [0.05, 0.1) is 0 Å². The molecule has 0 bridgehead atoms. The second-order valence-electron chi connectivity index (χ2n) is 7.19. The number of para-hydroxylation sites is 1. The highest BCUT2D eigenvalue weighted by Gasteiger charge is 2.31. The van der Waals surface area contributed by atoms with Crippen LogP contribution in [0.15, 0.2) is 24.3 Å². The van der Waals surface area contributed by atoms with Crippen molar-refractivity contribution >= 4 is 17.5 Å². The zero-order valence-electron chi connectivity index (χ0n) is 14.3. The summed E-state index contributed by atoms with van der Waals surface area (Å²) < 4.78 is 0. The predicted octanol–water partition coefficient (Wildman–Crippen LogP) is 2.16. The topological polar surface area (TPSA) is 75.4 Å². The summed E-state index contributed by atoms with van der Waals surface area (Å²) in [6, 6.07) is 8.03. The average molecular weight is 329 g/mol. The Labute approximate surface area is 143 Å². The third kappa shape index (κ3) is 3.61. The van der Waals surface area contributed by atoms with Gasteiger partial charge in [-0.15, -0.1) is 0 Å². The minimum Gasteiger partial charge on any atom is -0.338 e. The molecule has 0 saturated carbocycles. The van der Waals surface area contributed by atoms with Crippen molar-refractivity contribution in [1.82, 2.24) is 4.90 Å². The molecule has 130 valence electrons. The van der Waals surface area contributed by atoms with Crippen molar-refractivity contribution in [2.45, 2.75) is 45.1 Å². The van der Waals surface area contributed by atoms with E-state index < -0.39 is 0 Å². The fourth-order valence-corrected chi connectivity index (χ4v) is 3.89. The van der Waals surface area contributed by atoms with Crippen molar-refractivity contribution in [3.8, 4) is 0 Å². The SMILES string of the molecule is CC1CCN(C(=O)CCC2Cc3ccccc3NC2=O)C(CN)C1. The van der Waals surface area contributed by atoms with E-state index >= 15 is 0 Å². The van der Waals surface area contributed by atoms with Crippen LogP contribution in [0.1, 0.15) is 38.2 Å². The molecule has 2 amide bonds. The number of carbonyl (C=O) groups is 2. The van der Waals surface area contributed by atoms with E-state index in [4.69, 9.17) is 5.73 Å². The summed E-state index contributed by atoms with van der Waals surface area (Å²) >= 11 is 0. The number of rotatable bonds is 4. The maximum absolute atomic E-state index is 12.6. The molecule has 0 radical (unpaired) electrons. The first-order chi connectivity index (χ1) is 11.6. The summed E-state index contributed by atoms with van der Waals surface area (Å²) in [6.45, 7) is 3.53. The van der Waals surface area contributed by atoms with E-state index in [9.17, 15) is 9.59 Å². The number of likely N-dealkylation sites (tertiary alicyclic amines) is 1. The second-order valence-corrected chi connectivity index (χ2v) is 7.19. The molecule has 5 nitrogen and oxygen atoms in total. The normalized spacial score (nSPS) is 26.7. The molecule has 3 unspecified atom stereocenters. The maximum atomic E-state index is 12.6. The molecular formula is C19H27N3O2. The Kier molecular flexibility index (Phi) is 5.19. The van der Waals surface area contributed by atoms with Gasteiger partial charge in [0.1, 0.15) is 0 Å². The van der Waals surface area contributed by atoms with Gasteiger partial charge in [-0.05, 0) is 43.2 Å². The first kappa shape index (κ1) is 17.0. The van der Waals surface area contributed by atoms with Crippen LogP contribution < -0.4 is 11.1 Å². The lowest BCUT2D eigenvalue weighted by atomic mass is 9.88. The number of nitrogens with one attached hydrogen (secondary N) is 1. The van der Waals surface area contributed by atoms with Gasteiger partial charge in [0.25, 0.3) is 0 Å². The molecule has 1 fully saturated rings. The fourth-order valence-electron chi connectivity index (χ4n) is 3.89. The zero-order valence-corrected chi connectivity index (χ0v) is 14.3. The van der Waals surface area contributed by atoms with Gasteiger partial charge in [-0.1, -0.05) is 25.1 Å². The minimum atomic E-state index is -0.121. The van der Waals surface area contributed by atoms with Gasteiger partial charge in [-0.25, -0.2) is 0 Å². The van der Waals surface area contributed by atoms with E-state index in [0.29, 0.717) is 31.7 Å². The van der Waals surface area contributed by atoms with Crippen LogP contribution in [0.3, 0.4) is 0 Å². The van der Waals surface area contributed by atoms with Crippen LogP contribution in [0.5, 0.6) is 0 Å². The molecular weight excluding hydrogens is 302 g/mol. The second kappa shape index (κ2) is 7.34. The first-order valence-corrected chi connectivity index (χ1v) is 8.96. The smallest absolute Gasteiger partial charge is 0.227 e. The summed E-state index contributed by atoms with van der Waals surface area (Å²) in [4.78, 5) is 26.8. The molecule has 3 atom stereocenters. The van der Waals surface area contributed by atoms with Crippen LogP contribution >= 0.6 is 0 Å². The van der Waals surface area contributed by atoms with E-state index in [1.807, 2.05) is 29.2 Å². The van der Waals surface area contributed by atoms with Gasteiger partial charge in [0.2, 0.25) is 11.8 Å². The average Bonchev–Trinajstić information content (AvgIpc) is 2.59. The molecule has 2 heterocycles. The van der Waals surface area contributed by atoms with E-state index in [0.717, 1.165) is 30.6 Å². The van der Waals surface area contributed by atoms with Crippen molar-refractivity contribution in [2.24, 2.45) is 17.6 Å². The number of nitrogens with zero attached hydrogens (tertiary/aromatic N) is 1. The Hall–Kier alpha value is -1.88. The summed E-state index contributed by atoms with van der Waals surface area (Å²) in [5.74, 6) is 0.681. The maximum Gasteiger partial charge on any atom is 0.227 e. The summed E-state index contributed by atoms with van der Waals surface area (Å²) in [7, 11) is 0. The van der Waals surface area contributed by atoms with Gasteiger partial charge in [-0.3, -0.25) is 9.59 Å². The third-order valence-electron chi connectivity index (χ3n) is 5.39. The van der Waals surface area contributed by atoms with Crippen LogP contribution in [-0.2, 0) is 16.0 Å². The molecule has 1 saturated heterocycles. The van der Waals surface area contributed by atoms with E-state index in [1.165, 1.54) is 0 Å². The fraction of sp³-hybridized carbons (Fsp3) is 0.579. The summed E-state index contributed by atoms with van der Waals surface area (Å²) in [5, 5.41) is 2.96. The summed E-state index contributed by atoms with van der Waals surface area (Å²) in [5.41, 5.74) is 7.90. The standard InChI is InChI=1S/C19H27N3O2/c1-13-8-9-22(16(10-13)12-20)18(23)7-6-15-11-14-4-2-3-5-17(14)21-19(15)24/h2-5,13,15-16H,6-12,20H2,1H3,(H,21,24). The molecule has 0 aliphatic carbocycles. The largest absolute Gasteiger partial charge is 0.338 e. The van der Waals surface area contributed by atoms with Gasteiger partial charge in [0.15, 0.2) is 0 Å². The zero-order chi connectivity index (χ0) is 17.1. The molecule has 2 aliphatic heterocycles. The number of piperidine rings is 1. The molecule has 5 heteroatoms.